The third-order valence-corrected chi connectivity index (χ3v) is 6.84. The lowest BCUT2D eigenvalue weighted by atomic mass is 10.0. The van der Waals surface area contributed by atoms with Crippen molar-refractivity contribution in [1.82, 2.24) is 9.78 Å². The van der Waals surface area contributed by atoms with E-state index in [0.717, 1.165) is 16.8 Å². The van der Waals surface area contributed by atoms with Gasteiger partial charge in [-0.25, -0.2) is 0 Å². The van der Waals surface area contributed by atoms with Crippen LogP contribution in [0, 0.1) is 11.3 Å². The van der Waals surface area contributed by atoms with E-state index in [1.54, 1.807) is 28.8 Å². The first kappa shape index (κ1) is 29.2. The Morgan fingerprint density at radius 1 is 1.00 bits per heavy atom. The number of nitriles is 1. The van der Waals surface area contributed by atoms with E-state index in [9.17, 15) is 14.9 Å². The fourth-order valence-corrected chi connectivity index (χ4v) is 4.71. The van der Waals surface area contributed by atoms with Gasteiger partial charge >= 0.3 is 0 Å². The topological polar surface area (TPSA) is 109 Å². The molecule has 0 radical (unpaired) electrons. The Morgan fingerprint density at radius 2 is 1.71 bits per heavy atom. The molecule has 1 aromatic heterocycles. The maximum atomic E-state index is 13.5. The maximum absolute atomic E-state index is 13.5. The van der Waals surface area contributed by atoms with Crippen LogP contribution in [0.25, 0.3) is 0 Å². The monoisotopic (exact) mass is 571 g/mol. The number of carbonyl (C=O) groups is 2. The Morgan fingerprint density at radius 3 is 2.39 bits per heavy atom. The number of hydrogen-bond donors (Lipinski definition) is 1. The Bertz CT molecular complexity index is 1610. The number of anilines is 2. The molecular weight excluding hydrogens is 542 g/mol. The fourth-order valence-electron chi connectivity index (χ4n) is 4.52. The summed E-state index contributed by atoms with van der Waals surface area (Å²) >= 11 is 6.13. The minimum Gasteiger partial charge on any atom is -0.495 e. The number of halogens is 1. The van der Waals surface area contributed by atoms with Crippen LogP contribution in [0.2, 0.25) is 5.02 Å². The second-order valence-corrected chi connectivity index (χ2v) is 9.29. The second-order valence-electron chi connectivity index (χ2n) is 8.88. The minimum atomic E-state index is -0.460. The molecule has 0 unspecified atom stereocenters. The van der Waals surface area contributed by atoms with Gasteiger partial charge in [-0.05, 0) is 60.0 Å². The van der Waals surface area contributed by atoms with Crippen molar-refractivity contribution in [2.45, 2.75) is 26.8 Å². The third-order valence-electron chi connectivity index (χ3n) is 6.52. The summed E-state index contributed by atoms with van der Waals surface area (Å²) in [6.45, 7) is 4.92. The first-order chi connectivity index (χ1) is 19.9. The van der Waals surface area contributed by atoms with Gasteiger partial charge in [0.2, 0.25) is 0 Å². The van der Waals surface area contributed by atoms with Crippen molar-refractivity contribution in [3.05, 3.63) is 99.8 Å². The molecule has 0 saturated carbocycles. The predicted octanol–water partition coefficient (Wildman–Crippen LogP) is 5.96. The first-order valence-corrected chi connectivity index (χ1v) is 13.5. The number of nitrogens with one attached hydrogen (secondary N) is 1. The van der Waals surface area contributed by atoms with Crippen LogP contribution in [0.4, 0.5) is 11.4 Å². The number of fused-ring (bicyclic) bond motifs is 1. The van der Waals surface area contributed by atoms with Gasteiger partial charge in [-0.15, -0.1) is 0 Å². The number of hydrogen-bond acceptors (Lipinski definition) is 6. The second kappa shape index (κ2) is 13.0. The standard InChI is InChI=1S/C29H24ClN5O4.C2H6/c1-38-25-10-6-20(15-21(25)16-31)28(36)33-24-17-32-35-12-11-34(29(37)27(24)35)22-7-3-18(4-8-22)13-19-5-9-23(30)26(14-19)39-2;1-2/h3-10,14-15,17H,11-13H2,1-2H3,(H,33,36);1-2H3. The summed E-state index contributed by atoms with van der Waals surface area (Å²) in [5.74, 6) is 0.276. The molecular formula is C31H30ClN5O4. The first-order valence-electron chi connectivity index (χ1n) is 13.1. The van der Waals surface area contributed by atoms with Gasteiger partial charge < -0.3 is 19.7 Å². The molecule has 41 heavy (non-hydrogen) atoms. The molecule has 0 fully saturated rings. The fraction of sp³-hybridized carbons (Fsp3) is 0.226. The van der Waals surface area contributed by atoms with Crippen molar-refractivity contribution in [3.8, 4) is 17.6 Å². The van der Waals surface area contributed by atoms with Crippen LogP contribution in [0.5, 0.6) is 11.5 Å². The number of nitrogens with zero attached hydrogens (tertiary/aromatic N) is 4. The number of benzene rings is 3. The molecule has 0 spiro atoms. The summed E-state index contributed by atoms with van der Waals surface area (Å²) in [7, 11) is 3.04. The van der Waals surface area contributed by atoms with Gasteiger partial charge in [0.1, 0.15) is 23.3 Å². The smallest absolute Gasteiger partial charge is 0.278 e. The molecule has 2 amide bonds. The lowest BCUT2D eigenvalue weighted by Gasteiger charge is -2.28. The number of rotatable bonds is 7. The Hall–Kier alpha value is -4.81. The van der Waals surface area contributed by atoms with Crippen LogP contribution < -0.4 is 19.7 Å². The molecule has 10 heteroatoms. The summed E-state index contributed by atoms with van der Waals surface area (Å²) in [4.78, 5) is 28.1. The zero-order valence-corrected chi connectivity index (χ0v) is 24.0. The molecule has 1 aliphatic heterocycles. The van der Waals surface area contributed by atoms with Gasteiger partial charge in [0.15, 0.2) is 0 Å². The molecule has 4 aromatic rings. The molecule has 0 saturated heterocycles. The normalized spacial score (nSPS) is 12.0. The molecule has 0 atom stereocenters. The minimum absolute atomic E-state index is 0.239. The van der Waals surface area contributed by atoms with Gasteiger partial charge in [-0.1, -0.05) is 43.6 Å². The van der Waals surface area contributed by atoms with Gasteiger partial charge in [-0.2, -0.15) is 10.4 Å². The highest BCUT2D eigenvalue weighted by Crippen LogP contribution is 2.29. The van der Waals surface area contributed by atoms with Crippen molar-refractivity contribution in [2.75, 3.05) is 31.0 Å². The maximum Gasteiger partial charge on any atom is 0.278 e. The van der Waals surface area contributed by atoms with Crippen LogP contribution in [0.15, 0.2) is 66.9 Å². The average Bonchev–Trinajstić information content (AvgIpc) is 3.42. The van der Waals surface area contributed by atoms with E-state index >= 15 is 0 Å². The highest BCUT2D eigenvalue weighted by atomic mass is 35.5. The number of carbonyl (C=O) groups excluding carboxylic acids is 2. The highest BCUT2D eigenvalue weighted by Gasteiger charge is 2.30. The van der Waals surface area contributed by atoms with Crippen molar-refractivity contribution in [1.29, 1.82) is 5.26 Å². The Balaban J connectivity index is 0.00000189. The summed E-state index contributed by atoms with van der Waals surface area (Å²) in [5.41, 5.74) is 3.97. The SMILES string of the molecule is CC.COc1cc(Cc2ccc(N3CCn4ncc(NC(=O)c5ccc(OC)c(C#N)c5)c4C3=O)cc2)ccc1Cl. The van der Waals surface area contributed by atoms with Crippen LogP contribution in [0.3, 0.4) is 0 Å². The summed E-state index contributed by atoms with van der Waals surface area (Å²) in [5, 5.41) is 16.9. The average molecular weight is 572 g/mol. The zero-order chi connectivity index (χ0) is 29.5. The van der Waals surface area contributed by atoms with Gasteiger partial charge in [0, 0.05) is 17.8 Å². The number of methoxy groups -OCH3 is 2. The zero-order valence-electron chi connectivity index (χ0n) is 23.3. The molecule has 5 rings (SSSR count). The lowest BCUT2D eigenvalue weighted by molar-refractivity contribution is 0.0963. The molecule has 1 aliphatic rings. The molecule has 0 bridgehead atoms. The molecule has 2 heterocycles. The van der Waals surface area contributed by atoms with Crippen molar-refractivity contribution in [2.24, 2.45) is 0 Å². The van der Waals surface area contributed by atoms with E-state index in [1.165, 1.54) is 19.4 Å². The third kappa shape index (κ3) is 6.18. The van der Waals surface area contributed by atoms with E-state index in [0.29, 0.717) is 47.4 Å². The Kier molecular flexibility index (Phi) is 9.27. The van der Waals surface area contributed by atoms with Crippen LogP contribution >= 0.6 is 11.6 Å². The predicted molar refractivity (Wildman–Crippen MR) is 158 cm³/mol. The highest BCUT2D eigenvalue weighted by molar-refractivity contribution is 6.32. The van der Waals surface area contributed by atoms with E-state index in [4.69, 9.17) is 21.1 Å². The summed E-state index contributed by atoms with van der Waals surface area (Å²) in [6.07, 6.45) is 2.15. The Labute approximate surface area is 243 Å². The molecule has 0 aliphatic carbocycles. The van der Waals surface area contributed by atoms with Crippen molar-refractivity contribution < 1.29 is 19.1 Å². The number of aromatic nitrogens is 2. The lowest BCUT2D eigenvalue weighted by Crippen LogP contribution is -2.41. The summed E-state index contributed by atoms with van der Waals surface area (Å²) in [6, 6.07) is 20.0. The molecule has 210 valence electrons. The van der Waals surface area contributed by atoms with Crippen molar-refractivity contribution in [3.63, 3.8) is 0 Å². The number of amides is 2. The van der Waals surface area contributed by atoms with Gasteiger partial charge in [0.25, 0.3) is 11.8 Å². The summed E-state index contributed by atoms with van der Waals surface area (Å²) < 4.78 is 12.0. The molecule has 9 nitrogen and oxygen atoms in total. The van der Waals surface area contributed by atoms with E-state index in [2.05, 4.69) is 10.4 Å². The molecule has 3 aromatic carbocycles. The van der Waals surface area contributed by atoms with E-state index in [1.807, 2.05) is 62.4 Å². The molecule has 1 N–H and O–H groups in total. The van der Waals surface area contributed by atoms with E-state index in [-0.39, 0.29) is 17.0 Å². The van der Waals surface area contributed by atoms with Crippen LogP contribution in [0.1, 0.15) is 51.4 Å². The van der Waals surface area contributed by atoms with Crippen LogP contribution in [-0.4, -0.2) is 42.4 Å². The van der Waals surface area contributed by atoms with E-state index < -0.39 is 5.91 Å². The van der Waals surface area contributed by atoms with Gasteiger partial charge in [-0.3, -0.25) is 14.3 Å². The number of ether oxygens (including phenoxy) is 2. The van der Waals surface area contributed by atoms with Crippen LogP contribution in [-0.2, 0) is 13.0 Å². The quantitative estimate of drug-likeness (QED) is 0.293. The largest absolute Gasteiger partial charge is 0.495 e. The van der Waals surface area contributed by atoms with Crippen molar-refractivity contribution >= 4 is 34.8 Å². The van der Waals surface area contributed by atoms with Gasteiger partial charge in [0.05, 0.1) is 43.2 Å².